The van der Waals surface area contributed by atoms with Gasteiger partial charge in [0.25, 0.3) is 0 Å². The van der Waals surface area contributed by atoms with E-state index in [0.717, 1.165) is 10.0 Å². The first-order valence-corrected chi connectivity index (χ1v) is 7.01. The number of benzene rings is 2. The Labute approximate surface area is 124 Å². The van der Waals surface area contributed by atoms with E-state index < -0.39 is 0 Å². The maximum Gasteiger partial charge on any atom is 0.238 e. The molecule has 0 saturated carbocycles. The summed E-state index contributed by atoms with van der Waals surface area (Å²) in [6.45, 7) is 0.144. The number of rotatable bonds is 1. The first-order valence-electron chi connectivity index (χ1n) is 6.22. The summed E-state index contributed by atoms with van der Waals surface area (Å²) in [5.41, 5.74) is 2.08. The predicted octanol–water partition coefficient (Wildman–Crippen LogP) is 3.22. The molecule has 3 rings (SSSR count). The van der Waals surface area contributed by atoms with E-state index in [-0.39, 0.29) is 24.3 Å². The molecule has 2 aromatic rings. The lowest BCUT2D eigenvalue weighted by atomic mass is 9.97. The zero-order valence-corrected chi connectivity index (χ0v) is 12.1. The number of amides is 1. The van der Waals surface area contributed by atoms with Gasteiger partial charge in [-0.25, -0.2) is 4.39 Å². The molecule has 1 atom stereocenters. The fourth-order valence-corrected chi connectivity index (χ4v) is 2.75. The Hall–Kier alpha value is -1.72. The Morgan fingerprint density at radius 3 is 2.75 bits per heavy atom. The second-order valence-corrected chi connectivity index (χ2v) is 5.53. The molecule has 0 saturated heterocycles. The number of carbonyl (C=O) groups excluding carboxylic acids is 1. The van der Waals surface area contributed by atoms with Gasteiger partial charge in [-0.05, 0) is 29.8 Å². The molecule has 3 nitrogen and oxygen atoms in total. The predicted molar refractivity (Wildman–Crippen MR) is 79.0 cm³/mol. The Morgan fingerprint density at radius 2 is 1.95 bits per heavy atom. The van der Waals surface area contributed by atoms with Crippen LogP contribution in [0.1, 0.15) is 17.2 Å². The van der Waals surface area contributed by atoms with Crippen LogP contribution in [0, 0.1) is 5.82 Å². The van der Waals surface area contributed by atoms with Gasteiger partial charge in [0, 0.05) is 15.7 Å². The van der Waals surface area contributed by atoms with E-state index in [2.05, 4.69) is 26.6 Å². The van der Waals surface area contributed by atoms with Crippen LogP contribution in [-0.2, 0) is 4.79 Å². The fourth-order valence-electron chi connectivity index (χ4n) is 2.37. The number of nitrogens with one attached hydrogen (secondary N) is 2. The van der Waals surface area contributed by atoms with Crippen molar-refractivity contribution in [2.45, 2.75) is 6.04 Å². The second kappa shape index (κ2) is 5.34. The van der Waals surface area contributed by atoms with E-state index in [0.29, 0.717) is 11.3 Å². The third kappa shape index (κ3) is 2.46. The van der Waals surface area contributed by atoms with Gasteiger partial charge in [0.1, 0.15) is 5.82 Å². The largest absolute Gasteiger partial charge is 0.325 e. The van der Waals surface area contributed by atoms with Crippen LogP contribution in [0.4, 0.5) is 10.1 Å². The average Bonchev–Trinajstić information content (AvgIpc) is 2.58. The van der Waals surface area contributed by atoms with Gasteiger partial charge in [-0.2, -0.15) is 0 Å². The smallest absolute Gasteiger partial charge is 0.238 e. The minimum Gasteiger partial charge on any atom is -0.325 e. The van der Waals surface area contributed by atoms with E-state index in [1.54, 1.807) is 18.2 Å². The fraction of sp³-hybridized carbons (Fsp3) is 0.133. The summed E-state index contributed by atoms with van der Waals surface area (Å²) in [5.74, 6) is -0.419. The van der Waals surface area contributed by atoms with Crippen LogP contribution in [0.5, 0.6) is 0 Å². The van der Waals surface area contributed by atoms with Crippen molar-refractivity contribution >= 4 is 27.5 Å². The lowest BCUT2D eigenvalue weighted by Crippen LogP contribution is -2.28. The van der Waals surface area contributed by atoms with Gasteiger partial charge in [0.05, 0.1) is 12.6 Å². The van der Waals surface area contributed by atoms with Crippen molar-refractivity contribution in [1.29, 1.82) is 0 Å². The zero-order chi connectivity index (χ0) is 14.1. The molecule has 0 spiro atoms. The molecule has 1 heterocycles. The molecule has 0 radical (unpaired) electrons. The molecule has 2 N–H and O–H groups in total. The quantitative estimate of drug-likeness (QED) is 0.840. The Kier molecular flexibility index (Phi) is 3.54. The molecule has 5 heteroatoms. The van der Waals surface area contributed by atoms with Crippen LogP contribution in [-0.4, -0.2) is 12.5 Å². The highest BCUT2D eigenvalue weighted by Gasteiger charge is 2.24. The van der Waals surface area contributed by atoms with Crippen LogP contribution in [0.25, 0.3) is 0 Å². The molecule has 2 aromatic carbocycles. The highest BCUT2D eigenvalue weighted by molar-refractivity contribution is 9.10. The summed E-state index contributed by atoms with van der Waals surface area (Å²) in [6.07, 6.45) is 0. The van der Waals surface area contributed by atoms with Crippen LogP contribution >= 0.6 is 15.9 Å². The van der Waals surface area contributed by atoms with Gasteiger partial charge >= 0.3 is 0 Å². The number of halogens is 2. The lowest BCUT2D eigenvalue weighted by Gasteiger charge is -2.19. The highest BCUT2D eigenvalue weighted by Crippen LogP contribution is 2.33. The number of fused-ring (bicyclic) bond motifs is 1. The lowest BCUT2D eigenvalue weighted by molar-refractivity contribution is -0.115. The van der Waals surface area contributed by atoms with E-state index in [1.807, 2.05) is 18.2 Å². The SMILES string of the molecule is O=C1CN[C@@H](c2ccccc2F)c2cc(Br)ccc2N1. The minimum absolute atomic E-state index is 0.132. The van der Waals surface area contributed by atoms with Gasteiger partial charge in [-0.15, -0.1) is 0 Å². The Bertz CT molecular complexity index is 675. The molecule has 0 bridgehead atoms. The van der Waals surface area contributed by atoms with Crippen molar-refractivity contribution in [2.24, 2.45) is 0 Å². The molecule has 0 unspecified atom stereocenters. The number of carbonyl (C=O) groups is 1. The first kappa shape index (κ1) is 13.3. The molecular formula is C15H12BrFN2O. The van der Waals surface area contributed by atoms with Crippen LogP contribution in [0.2, 0.25) is 0 Å². The zero-order valence-electron chi connectivity index (χ0n) is 10.5. The summed E-state index contributed by atoms with van der Waals surface area (Å²) >= 11 is 3.42. The average molecular weight is 335 g/mol. The number of hydrogen-bond acceptors (Lipinski definition) is 2. The monoisotopic (exact) mass is 334 g/mol. The normalized spacial score (nSPS) is 18.1. The van der Waals surface area contributed by atoms with E-state index in [9.17, 15) is 9.18 Å². The molecule has 1 amide bonds. The van der Waals surface area contributed by atoms with Gasteiger partial charge in [0.2, 0.25) is 5.91 Å². The molecule has 1 aliphatic rings. The topological polar surface area (TPSA) is 41.1 Å². The first-order chi connectivity index (χ1) is 9.65. The van der Waals surface area contributed by atoms with Crippen molar-refractivity contribution in [2.75, 3.05) is 11.9 Å². The number of anilines is 1. The summed E-state index contributed by atoms with van der Waals surface area (Å²) in [5, 5.41) is 5.92. The van der Waals surface area contributed by atoms with Crippen LogP contribution in [0.15, 0.2) is 46.9 Å². The van der Waals surface area contributed by atoms with Crippen LogP contribution < -0.4 is 10.6 Å². The maximum absolute atomic E-state index is 14.0. The second-order valence-electron chi connectivity index (χ2n) is 4.62. The van der Waals surface area contributed by atoms with Gasteiger partial charge in [-0.1, -0.05) is 34.1 Å². The molecule has 0 fully saturated rings. The molecular weight excluding hydrogens is 323 g/mol. The van der Waals surface area contributed by atoms with E-state index in [4.69, 9.17) is 0 Å². The van der Waals surface area contributed by atoms with E-state index >= 15 is 0 Å². The molecule has 20 heavy (non-hydrogen) atoms. The van der Waals surface area contributed by atoms with Crippen molar-refractivity contribution < 1.29 is 9.18 Å². The molecule has 1 aliphatic heterocycles. The number of hydrogen-bond donors (Lipinski definition) is 2. The Morgan fingerprint density at radius 1 is 1.15 bits per heavy atom. The minimum atomic E-state index is -0.359. The van der Waals surface area contributed by atoms with Gasteiger partial charge < -0.3 is 5.32 Å². The summed E-state index contributed by atoms with van der Waals surface area (Å²) in [6, 6.07) is 11.8. The molecule has 0 aromatic heterocycles. The summed E-state index contributed by atoms with van der Waals surface area (Å²) < 4.78 is 14.9. The van der Waals surface area contributed by atoms with Gasteiger partial charge in [-0.3, -0.25) is 10.1 Å². The summed E-state index contributed by atoms with van der Waals surface area (Å²) in [7, 11) is 0. The van der Waals surface area contributed by atoms with Crippen molar-refractivity contribution in [3.63, 3.8) is 0 Å². The van der Waals surface area contributed by atoms with E-state index in [1.165, 1.54) is 6.07 Å². The third-order valence-corrected chi connectivity index (χ3v) is 3.77. The van der Waals surface area contributed by atoms with Crippen molar-refractivity contribution in [3.8, 4) is 0 Å². The van der Waals surface area contributed by atoms with Crippen molar-refractivity contribution in [3.05, 3.63) is 63.9 Å². The molecule has 102 valence electrons. The standard InChI is InChI=1S/C15H12BrFN2O/c16-9-5-6-13-11(7-9)15(18-8-14(20)19-13)10-3-1-2-4-12(10)17/h1-7,15,18H,8H2,(H,19,20)/t15-/m0/s1. The molecule has 0 aliphatic carbocycles. The third-order valence-electron chi connectivity index (χ3n) is 3.28. The maximum atomic E-state index is 14.0. The Balaban J connectivity index is 2.15. The van der Waals surface area contributed by atoms with Crippen LogP contribution in [0.3, 0.4) is 0 Å². The highest BCUT2D eigenvalue weighted by atomic mass is 79.9. The van der Waals surface area contributed by atoms with Crippen molar-refractivity contribution in [1.82, 2.24) is 5.32 Å². The van der Waals surface area contributed by atoms with Gasteiger partial charge in [0.15, 0.2) is 0 Å². The summed E-state index contributed by atoms with van der Waals surface area (Å²) in [4.78, 5) is 11.7.